The van der Waals surface area contributed by atoms with E-state index in [1.807, 2.05) is 35.2 Å². The third kappa shape index (κ3) is 3.25. The minimum absolute atomic E-state index is 0.237. The van der Waals surface area contributed by atoms with Crippen molar-refractivity contribution in [1.82, 2.24) is 14.5 Å². The van der Waals surface area contributed by atoms with Gasteiger partial charge in [0.1, 0.15) is 5.00 Å². The molecule has 1 aliphatic carbocycles. The van der Waals surface area contributed by atoms with Gasteiger partial charge in [0.2, 0.25) is 0 Å². The molecule has 7 heteroatoms. The highest BCUT2D eigenvalue weighted by molar-refractivity contribution is 7.15. The Labute approximate surface area is 177 Å². The first-order chi connectivity index (χ1) is 14.6. The highest BCUT2D eigenvalue weighted by atomic mass is 32.1. The summed E-state index contributed by atoms with van der Waals surface area (Å²) in [5.41, 5.74) is 2.09. The average Bonchev–Trinajstić information content (AvgIpc) is 3.41. The summed E-state index contributed by atoms with van der Waals surface area (Å²) >= 11 is 1.66. The molecule has 0 bridgehead atoms. The summed E-state index contributed by atoms with van der Waals surface area (Å²) in [4.78, 5) is 34.2. The van der Waals surface area contributed by atoms with Crippen molar-refractivity contribution in [3.63, 3.8) is 0 Å². The smallest absolute Gasteiger partial charge is 0.342 e. The zero-order valence-electron chi connectivity index (χ0n) is 16.6. The quantitative estimate of drug-likeness (QED) is 0.492. The standard InChI is InChI=1S/C23H21N3O3S/c1-14(20-24-17-10-4-2-8-15(17)21(27)25-20)29-23(28)19-16-9-3-5-11-18(16)30-22(19)26-12-6-7-13-26/h2,4,6-8,10,12-14H,3,5,9,11H2,1H3,(H,24,25,27). The molecular weight excluding hydrogens is 398 g/mol. The number of esters is 1. The van der Waals surface area contributed by atoms with E-state index in [1.54, 1.807) is 36.5 Å². The van der Waals surface area contributed by atoms with Crippen LogP contribution in [0.4, 0.5) is 0 Å². The lowest BCUT2D eigenvalue weighted by molar-refractivity contribution is 0.0319. The van der Waals surface area contributed by atoms with Crippen molar-refractivity contribution in [3.8, 4) is 5.00 Å². The van der Waals surface area contributed by atoms with Crippen LogP contribution in [0.2, 0.25) is 0 Å². The van der Waals surface area contributed by atoms with Gasteiger partial charge in [-0.05, 0) is 62.4 Å². The van der Waals surface area contributed by atoms with Crippen molar-refractivity contribution in [2.75, 3.05) is 0 Å². The average molecular weight is 420 g/mol. The Morgan fingerprint density at radius 1 is 1.17 bits per heavy atom. The van der Waals surface area contributed by atoms with Gasteiger partial charge >= 0.3 is 5.97 Å². The third-order valence-electron chi connectivity index (χ3n) is 5.50. The Kier molecular flexibility index (Phi) is 4.75. The molecule has 1 aromatic carbocycles. The molecule has 0 saturated heterocycles. The van der Waals surface area contributed by atoms with Gasteiger partial charge in [-0.1, -0.05) is 12.1 Å². The number of para-hydroxylation sites is 1. The Hall–Kier alpha value is -3.19. The van der Waals surface area contributed by atoms with Gasteiger partial charge in [-0.3, -0.25) is 4.79 Å². The summed E-state index contributed by atoms with van der Waals surface area (Å²) in [6, 6.07) is 11.0. The van der Waals surface area contributed by atoms with Crippen molar-refractivity contribution in [2.24, 2.45) is 0 Å². The molecule has 1 unspecified atom stereocenters. The number of aryl methyl sites for hydroxylation is 1. The molecule has 0 amide bonds. The number of carbonyl (C=O) groups is 1. The minimum atomic E-state index is -0.675. The van der Waals surface area contributed by atoms with E-state index in [0.717, 1.165) is 36.2 Å². The predicted molar refractivity (Wildman–Crippen MR) is 116 cm³/mol. The fourth-order valence-corrected chi connectivity index (χ4v) is 5.33. The lowest BCUT2D eigenvalue weighted by Gasteiger charge is -2.16. The normalized spacial score (nSPS) is 14.4. The van der Waals surface area contributed by atoms with Crippen LogP contribution in [0, 0.1) is 0 Å². The Balaban J connectivity index is 1.50. The van der Waals surface area contributed by atoms with Gasteiger partial charge in [0.25, 0.3) is 5.56 Å². The van der Waals surface area contributed by atoms with E-state index in [0.29, 0.717) is 22.3 Å². The van der Waals surface area contributed by atoms with Gasteiger partial charge in [0.15, 0.2) is 11.9 Å². The first kappa shape index (κ1) is 18.8. The fourth-order valence-electron chi connectivity index (χ4n) is 3.99. The number of hydrogen-bond acceptors (Lipinski definition) is 5. The van der Waals surface area contributed by atoms with Crippen molar-refractivity contribution >= 4 is 28.2 Å². The van der Waals surface area contributed by atoms with Crippen molar-refractivity contribution in [3.05, 3.63) is 81.0 Å². The zero-order chi connectivity index (χ0) is 20.7. The molecule has 3 aromatic heterocycles. The van der Waals surface area contributed by atoms with Crippen LogP contribution in [-0.4, -0.2) is 20.5 Å². The second-order valence-electron chi connectivity index (χ2n) is 7.50. The van der Waals surface area contributed by atoms with Gasteiger partial charge in [-0.2, -0.15) is 0 Å². The van der Waals surface area contributed by atoms with Crippen LogP contribution in [0.15, 0.2) is 53.6 Å². The molecule has 1 atom stereocenters. The van der Waals surface area contributed by atoms with Crippen LogP contribution in [0.3, 0.4) is 0 Å². The number of hydrogen-bond donors (Lipinski definition) is 1. The van der Waals surface area contributed by atoms with Crippen LogP contribution < -0.4 is 5.56 Å². The van der Waals surface area contributed by atoms with Crippen LogP contribution in [0.1, 0.15) is 52.5 Å². The van der Waals surface area contributed by atoms with Gasteiger partial charge < -0.3 is 14.3 Å². The van der Waals surface area contributed by atoms with Crippen LogP contribution >= 0.6 is 11.3 Å². The largest absolute Gasteiger partial charge is 0.451 e. The predicted octanol–water partition coefficient (Wildman–Crippen LogP) is 4.57. The fraction of sp³-hybridized carbons (Fsp3) is 0.261. The zero-order valence-corrected chi connectivity index (χ0v) is 17.4. The molecular formula is C23H21N3O3S. The molecule has 0 spiro atoms. The van der Waals surface area contributed by atoms with Crippen LogP contribution in [0.25, 0.3) is 15.9 Å². The Morgan fingerprint density at radius 2 is 1.93 bits per heavy atom. The molecule has 0 radical (unpaired) electrons. The number of carbonyl (C=O) groups excluding carboxylic acids is 1. The monoisotopic (exact) mass is 419 g/mol. The van der Waals surface area contributed by atoms with Crippen molar-refractivity contribution in [2.45, 2.75) is 38.7 Å². The Morgan fingerprint density at radius 3 is 2.77 bits per heavy atom. The maximum Gasteiger partial charge on any atom is 0.342 e. The van der Waals surface area contributed by atoms with Crippen LogP contribution in [0.5, 0.6) is 0 Å². The molecule has 0 aliphatic heterocycles. The number of H-pyrrole nitrogens is 1. The maximum atomic E-state index is 13.3. The Bertz CT molecular complexity index is 1290. The number of aromatic amines is 1. The molecule has 0 saturated carbocycles. The summed E-state index contributed by atoms with van der Waals surface area (Å²) in [6.45, 7) is 1.74. The number of rotatable bonds is 4. The summed E-state index contributed by atoms with van der Waals surface area (Å²) in [7, 11) is 0. The summed E-state index contributed by atoms with van der Waals surface area (Å²) < 4.78 is 7.78. The first-order valence-corrected chi connectivity index (χ1v) is 10.9. The van der Waals surface area contributed by atoms with Gasteiger partial charge in [-0.15, -0.1) is 11.3 Å². The van der Waals surface area contributed by atoms with E-state index >= 15 is 0 Å². The number of fused-ring (bicyclic) bond motifs is 2. The van der Waals surface area contributed by atoms with Crippen molar-refractivity contribution in [1.29, 1.82) is 0 Å². The first-order valence-electron chi connectivity index (χ1n) is 10.1. The highest BCUT2D eigenvalue weighted by Gasteiger charge is 2.28. The van der Waals surface area contributed by atoms with Gasteiger partial charge in [-0.25, -0.2) is 9.78 Å². The number of thiophene rings is 1. The second-order valence-corrected chi connectivity index (χ2v) is 8.58. The number of ether oxygens (including phenoxy) is 1. The van der Waals surface area contributed by atoms with E-state index in [1.165, 1.54) is 4.88 Å². The van der Waals surface area contributed by atoms with E-state index in [9.17, 15) is 9.59 Å². The van der Waals surface area contributed by atoms with E-state index < -0.39 is 6.10 Å². The highest BCUT2D eigenvalue weighted by Crippen LogP contribution is 2.38. The van der Waals surface area contributed by atoms with E-state index in [4.69, 9.17) is 4.74 Å². The number of nitrogens with zero attached hydrogens (tertiary/aromatic N) is 2. The SMILES string of the molecule is CC(OC(=O)c1c(-n2cccc2)sc2c1CCCC2)c1nc2ccccc2c(=O)[nH]1. The second kappa shape index (κ2) is 7.57. The van der Waals surface area contributed by atoms with E-state index in [-0.39, 0.29) is 11.5 Å². The molecule has 1 N–H and O–H groups in total. The molecule has 152 valence electrons. The third-order valence-corrected chi connectivity index (χ3v) is 6.80. The van der Waals surface area contributed by atoms with Gasteiger partial charge in [0, 0.05) is 17.3 Å². The van der Waals surface area contributed by atoms with Crippen molar-refractivity contribution < 1.29 is 9.53 Å². The van der Waals surface area contributed by atoms with Crippen LogP contribution in [-0.2, 0) is 17.6 Å². The summed E-state index contributed by atoms with van der Waals surface area (Å²) in [5, 5.41) is 1.41. The summed E-state index contributed by atoms with van der Waals surface area (Å²) in [6.07, 6.45) is 7.31. The molecule has 4 aromatic rings. The molecule has 1 aliphatic rings. The molecule has 0 fully saturated rings. The number of benzene rings is 1. The molecule has 5 rings (SSSR count). The van der Waals surface area contributed by atoms with Gasteiger partial charge in [0.05, 0.1) is 16.5 Å². The number of aromatic nitrogens is 3. The number of nitrogens with one attached hydrogen (secondary N) is 1. The molecule has 30 heavy (non-hydrogen) atoms. The minimum Gasteiger partial charge on any atom is -0.451 e. The molecule has 6 nitrogen and oxygen atoms in total. The van der Waals surface area contributed by atoms with E-state index in [2.05, 4.69) is 9.97 Å². The lowest BCUT2D eigenvalue weighted by Crippen LogP contribution is -2.18. The summed E-state index contributed by atoms with van der Waals surface area (Å²) in [5.74, 6) is -0.0277. The molecule has 3 heterocycles. The lowest BCUT2D eigenvalue weighted by atomic mass is 9.95. The maximum absolute atomic E-state index is 13.3. The topological polar surface area (TPSA) is 77.0 Å².